The molecule has 0 atom stereocenters. The highest BCUT2D eigenvalue weighted by molar-refractivity contribution is 5.97. The minimum Gasteiger partial charge on any atom is -0.494 e. The zero-order valence-electron chi connectivity index (χ0n) is 7.28. The van der Waals surface area contributed by atoms with E-state index >= 15 is 0 Å². The average Bonchev–Trinajstić information content (AvgIpc) is 2.19. The van der Waals surface area contributed by atoms with Gasteiger partial charge in [0.05, 0.1) is 7.11 Å². The second-order valence-corrected chi connectivity index (χ2v) is 2.36. The molecule has 1 amide bonds. The molecule has 0 bridgehead atoms. The van der Waals surface area contributed by atoms with Gasteiger partial charge in [-0.2, -0.15) is 0 Å². The molecular formula is C9H6FNO3. The maximum atomic E-state index is 12.9. The fourth-order valence-corrected chi connectivity index (χ4v) is 0.899. The normalized spacial score (nSPS) is 9.00. The van der Waals surface area contributed by atoms with Gasteiger partial charge in [-0.25, -0.2) is 9.18 Å². The SMILES string of the molecule is COc1cc(C(=O)N=C=O)ccc1F. The summed E-state index contributed by atoms with van der Waals surface area (Å²) in [6.45, 7) is 0. The quantitative estimate of drug-likeness (QED) is 0.528. The van der Waals surface area contributed by atoms with E-state index in [2.05, 4.69) is 9.73 Å². The number of hydrogen-bond acceptors (Lipinski definition) is 3. The van der Waals surface area contributed by atoms with Crippen molar-refractivity contribution in [1.29, 1.82) is 0 Å². The molecule has 1 rings (SSSR count). The van der Waals surface area contributed by atoms with Crippen molar-refractivity contribution in [1.82, 2.24) is 0 Å². The number of isocyanates is 1. The molecule has 0 saturated heterocycles. The van der Waals surface area contributed by atoms with E-state index in [0.717, 1.165) is 12.1 Å². The summed E-state index contributed by atoms with van der Waals surface area (Å²) in [6.07, 6.45) is 1.11. The van der Waals surface area contributed by atoms with E-state index in [4.69, 9.17) is 0 Å². The molecule has 0 aliphatic heterocycles. The summed E-state index contributed by atoms with van der Waals surface area (Å²) in [5.41, 5.74) is 0.0756. The molecule has 0 spiro atoms. The summed E-state index contributed by atoms with van der Waals surface area (Å²) in [5, 5.41) is 0. The monoisotopic (exact) mass is 195 g/mol. The van der Waals surface area contributed by atoms with Crippen molar-refractivity contribution in [3.63, 3.8) is 0 Å². The van der Waals surface area contributed by atoms with Gasteiger partial charge in [0.2, 0.25) is 6.08 Å². The molecule has 0 radical (unpaired) electrons. The standard InChI is InChI=1S/C9H6FNO3/c1-14-8-4-6(2-3-7(8)10)9(13)11-5-12/h2-4H,1H3. The van der Waals surface area contributed by atoms with Crippen LogP contribution in [0.3, 0.4) is 0 Å². The van der Waals surface area contributed by atoms with Crippen molar-refractivity contribution in [2.24, 2.45) is 4.99 Å². The van der Waals surface area contributed by atoms with Gasteiger partial charge < -0.3 is 4.74 Å². The summed E-state index contributed by atoms with van der Waals surface area (Å²) >= 11 is 0. The molecular weight excluding hydrogens is 189 g/mol. The minimum absolute atomic E-state index is 0.0723. The van der Waals surface area contributed by atoms with Crippen molar-refractivity contribution in [2.75, 3.05) is 7.11 Å². The Morgan fingerprint density at radius 3 is 2.86 bits per heavy atom. The molecule has 0 heterocycles. The third-order valence-electron chi connectivity index (χ3n) is 1.55. The number of carbonyl (C=O) groups excluding carboxylic acids is 2. The van der Waals surface area contributed by atoms with Gasteiger partial charge >= 0.3 is 0 Å². The largest absolute Gasteiger partial charge is 0.494 e. The highest BCUT2D eigenvalue weighted by atomic mass is 19.1. The number of ether oxygens (including phenoxy) is 1. The zero-order chi connectivity index (χ0) is 10.6. The predicted molar refractivity (Wildman–Crippen MR) is 45.4 cm³/mol. The number of rotatable bonds is 2. The highest BCUT2D eigenvalue weighted by Gasteiger charge is 2.08. The summed E-state index contributed by atoms with van der Waals surface area (Å²) in [7, 11) is 1.27. The Balaban J connectivity index is 3.12. The van der Waals surface area contributed by atoms with Crippen molar-refractivity contribution in [3.05, 3.63) is 29.6 Å². The number of hydrogen-bond donors (Lipinski definition) is 0. The second-order valence-electron chi connectivity index (χ2n) is 2.36. The third kappa shape index (κ3) is 2.02. The van der Waals surface area contributed by atoms with Crippen LogP contribution in [0, 0.1) is 5.82 Å². The Morgan fingerprint density at radius 1 is 1.57 bits per heavy atom. The van der Waals surface area contributed by atoms with Crippen molar-refractivity contribution >= 4 is 12.0 Å². The molecule has 14 heavy (non-hydrogen) atoms. The van der Waals surface area contributed by atoms with Crippen LogP contribution in [0.25, 0.3) is 0 Å². The molecule has 0 saturated carbocycles. The maximum Gasteiger partial charge on any atom is 0.287 e. The van der Waals surface area contributed by atoms with Crippen LogP contribution in [0.5, 0.6) is 5.75 Å². The van der Waals surface area contributed by atoms with Gasteiger partial charge in [-0.05, 0) is 18.2 Å². The van der Waals surface area contributed by atoms with Crippen LogP contribution in [-0.4, -0.2) is 19.1 Å². The highest BCUT2D eigenvalue weighted by Crippen LogP contribution is 2.18. The number of carbonyl (C=O) groups is 1. The number of amides is 1. The van der Waals surface area contributed by atoms with Gasteiger partial charge in [-0.3, -0.25) is 4.79 Å². The van der Waals surface area contributed by atoms with Crippen LogP contribution in [0.15, 0.2) is 23.2 Å². The lowest BCUT2D eigenvalue weighted by Crippen LogP contribution is -1.96. The number of halogens is 1. The van der Waals surface area contributed by atoms with Gasteiger partial charge in [0.15, 0.2) is 11.6 Å². The van der Waals surface area contributed by atoms with Gasteiger partial charge in [-0.1, -0.05) is 0 Å². The molecule has 0 aliphatic carbocycles. The summed E-state index contributed by atoms with van der Waals surface area (Å²) in [5.74, 6) is -1.44. The summed E-state index contributed by atoms with van der Waals surface area (Å²) in [6, 6.07) is 3.44. The van der Waals surface area contributed by atoms with Crippen molar-refractivity contribution in [2.45, 2.75) is 0 Å². The van der Waals surface area contributed by atoms with E-state index in [0.29, 0.717) is 0 Å². The van der Waals surface area contributed by atoms with E-state index in [1.165, 1.54) is 19.2 Å². The molecule has 72 valence electrons. The van der Waals surface area contributed by atoms with Crippen LogP contribution < -0.4 is 4.74 Å². The molecule has 0 aliphatic rings. The van der Waals surface area contributed by atoms with Crippen molar-refractivity contribution < 1.29 is 18.7 Å². The van der Waals surface area contributed by atoms with Gasteiger partial charge in [-0.15, -0.1) is 4.99 Å². The third-order valence-corrected chi connectivity index (χ3v) is 1.55. The minimum atomic E-state index is -0.779. The van der Waals surface area contributed by atoms with Gasteiger partial charge in [0.25, 0.3) is 5.91 Å². The van der Waals surface area contributed by atoms with Gasteiger partial charge in [0, 0.05) is 5.56 Å². The van der Waals surface area contributed by atoms with E-state index < -0.39 is 11.7 Å². The van der Waals surface area contributed by atoms with E-state index in [-0.39, 0.29) is 11.3 Å². The summed E-state index contributed by atoms with van der Waals surface area (Å²) in [4.78, 5) is 23.7. The Bertz CT molecular complexity index is 411. The van der Waals surface area contributed by atoms with Crippen molar-refractivity contribution in [3.8, 4) is 5.75 Å². The first-order valence-corrected chi connectivity index (χ1v) is 3.64. The van der Waals surface area contributed by atoms with Crippen LogP contribution in [-0.2, 0) is 4.79 Å². The fraction of sp³-hybridized carbons (Fsp3) is 0.111. The Labute approximate surface area is 79.0 Å². The molecule has 1 aromatic rings. The number of methoxy groups -OCH3 is 1. The lowest BCUT2D eigenvalue weighted by Gasteiger charge is -2.01. The lowest BCUT2D eigenvalue weighted by atomic mass is 10.2. The lowest BCUT2D eigenvalue weighted by molar-refractivity contribution is 0.100. The fourth-order valence-electron chi connectivity index (χ4n) is 0.899. The second kappa shape index (κ2) is 4.30. The van der Waals surface area contributed by atoms with Crippen LogP contribution in [0.1, 0.15) is 10.4 Å². The summed E-state index contributed by atoms with van der Waals surface area (Å²) < 4.78 is 17.5. The number of benzene rings is 1. The number of aliphatic imine (C=N–C) groups is 1. The van der Waals surface area contributed by atoms with Crippen LogP contribution in [0.4, 0.5) is 4.39 Å². The molecule has 0 N–H and O–H groups in total. The topological polar surface area (TPSA) is 55.7 Å². The first-order chi connectivity index (χ1) is 6.69. The van der Waals surface area contributed by atoms with Crippen LogP contribution in [0.2, 0.25) is 0 Å². The first kappa shape index (κ1) is 10.1. The molecule has 0 fully saturated rings. The molecule has 4 nitrogen and oxygen atoms in total. The zero-order valence-corrected chi connectivity index (χ0v) is 7.28. The van der Waals surface area contributed by atoms with E-state index in [1.807, 2.05) is 0 Å². The predicted octanol–water partition coefficient (Wildman–Crippen LogP) is 1.31. The Kier molecular flexibility index (Phi) is 3.09. The van der Waals surface area contributed by atoms with E-state index in [1.54, 1.807) is 0 Å². The molecule has 1 aromatic carbocycles. The van der Waals surface area contributed by atoms with Crippen LogP contribution >= 0.6 is 0 Å². The van der Waals surface area contributed by atoms with Gasteiger partial charge in [0.1, 0.15) is 0 Å². The Morgan fingerprint density at radius 2 is 2.29 bits per heavy atom. The van der Waals surface area contributed by atoms with E-state index in [9.17, 15) is 14.0 Å². The smallest absolute Gasteiger partial charge is 0.287 e. The first-order valence-electron chi connectivity index (χ1n) is 3.64. The Hall–Kier alpha value is -2.00. The number of nitrogens with zero attached hydrogens (tertiary/aromatic N) is 1. The average molecular weight is 195 g/mol. The molecule has 0 unspecified atom stereocenters. The maximum absolute atomic E-state index is 12.9. The molecule has 5 heteroatoms. The molecule has 0 aromatic heterocycles.